The lowest BCUT2D eigenvalue weighted by atomic mass is 9.89. The molecule has 1 fully saturated rings. The molecule has 10 heteroatoms. The molecule has 1 atom stereocenters. The van der Waals surface area contributed by atoms with Crippen LogP contribution < -0.4 is 11.5 Å². The summed E-state index contributed by atoms with van der Waals surface area (Å²) in [6, 6.07) is 3.34. The van der Waals surface area contributed by atoms with E-state index in [1.807, 2.05) is 0 Å². The van der Waals surface area contributed by atoms with Gasteiger partial charge in [0.1, 0.15) is 0 Å². The van der Waals surface area contributed by atoms with Crippen molar-refractivity contribution >= 4 is 11.7 Å². The molecule has 1 aliphatic heterocycles. The lowest BCUT2D eigenvalue weighted by molar-refractivity contribution is -0.255. The Labute approximate surface area is 176 Å². The molecule has 0 aliphatic carbocycles. The predicted molar refractivity (Wildman–Crippen MR) is 106 cm³/mol. The highest BCUT2D eigenvalue weighted by Crippen LogP contribution is 2.40. The maximum absolute atomic E-state index is 13.4. The number of ether oxygens (including phenoxy) is 1. The fourth-order valence-electron chi connectivity index (χ4n) is 3.20. The molecule has 1 saturated heterocycles. The van der Waals surface area contributed by atoms with Gasteiger partial charge < -0.3 is 21.3 Å². The van der Waals surface area contributed by atoms with Crippen LogP contribution >= 0.6 is 0 Å². The number of halogens is 3. The number of hydrogen-bond acceptors (Lipinski definition) is 6. The minimum Gasteiger partial charge on any atom is -0.381 e. The lowest BCUT2D eigenvalue weighted by Gasteiger charge is -2.28. The molecule has 1 aromatic carbocycles. The number of carbonyl (C=O) groups is 1. The van der Waals surface area contributed by atoms with Crippen molar-refractivity contribution in [3.05, 3.63) is 41.2 Å². The van der Waals surface area contributed by atoms with Crippen LogP contribution in [0.1, 0.15) is 29.7 Å². The van der Waals surface area contributed by atoms with Gasteiger partial charge in [-0.2, -0.15) is 13.2 Å². The summed E-state index contributed by atoms with van der Waals surface area (Å²) in [6.07, 6.45) is -2.45. The van der Waals surface area contributed by atoms with Gasteiger partial charge in [0.2, 0.25) is 0 Å². The number of alkyl halides is 3. The van der Waals surface area contributed by atoms with Crippen molar-refractivity contribution in [3.8, 4) is 23.1 Å². The van der Waals surface area contributed by atoms with Crippen LogP contribution in [0.5, 0.6) is 0 Å². The molecule has 1 aliphatic rings. The molecular weight excluding hydrogens is 413 g/mol. The van der Waals surface area contributed by atoms with Gasteiger partial charge in [-0.1, -0.05) is 18.1 Å². The van der Waals surface area contributed by atoms with Crippen LogP contribution in [-0.4, -0.2) is 40.4 Å². The molecule has 0 radical (unpaired) electrons. The van der Waals surface area contributed by atoms with E-state index in [9.17, 15) is 23.1 Å². The minimum atomic E-state index is -5.31. The Morgan fingerprint density at radius 3 is 2.58 bits per heavy atom. The van der Waals surface area contributed by atoms with E-state index in [2.05, 4.69) is 21.8 Å². The van der Waals surface area contributed by atoms with Crippen molar-refractivity contribution in [2.45, 2.75) is 31.5 Å². The number of nitrogens with zero attached hydrogens (tertiary/aromatic N) is 2. The standard InChI is InChI=1S/C21H21F3N4O3/c1-12-2-4-14(20(30,19(26)29)21(22,23)24)10-15(12)17-11-27-18(25)16(28-17)5-3-13-6-8-31-9-7-13/h2,4,10-11,13,30H,6-9H2,1H3,(H2,25,27)(H2,26,29). The first-order chi connectivity index (χ1) is 14.5. The number of carbonyl (C=O) groups excluding carboxylic acids is 1. The number of aliphatic hydroxyl groups is 1. The minimum absolute atomic E-state index is 0.0843. The van der Waals surface area contributed by atoms with Gasteiger partial charge in [0.25, 0.3) is 11.5 Å². The van der Waals surface area contributed by atoms with Gasteiger partial charge in [0.15, 0.2) is 11.5 Å². The van der Waals surface area contributed by atoms with E-state index in [1.54, 1.807) is 6.92 Å². The zero-order valence-electron chi connectivity index (χ0n) is 16.7. The Balaban J connectivity index is 2.04. The monoisotopic (exact) mass is 434 g/mol. The number of nitrogens with two attached hydrogens (primary N) is 2. The molecule has 2 heterocycles. The van der Waals surface area contributed by atoms with Crippen molar-refractivity contribution in [1.29, 1.82) is 0 Å². The van der Waals surface area contributed by atoms with E-state index >= 15 is 0 Å². The molecule has 3 rings (SSSR count). The first-order valence-electron chi connectivity index (χ1n) is 9.46. The quantitative estimate of drug-likeness (QED) is 0.635. The van der Waals surface area contributed by atoms with Crippen LogP contribution in [0, 0.1) is 24.7 Å². The van der Waals surface area contributed by atoms with Crippen molar-refractivity contribution in [1.82, 2.24) is 9.97 Å². The highest BCUT2D eigenvalue weighted by molar-refractivity contribution is 5.86. The smallest absolute Gasteiger partial charge is 0.381 e. The molecule has 31 heavy (non-hydrogen) atoms. The number of aromatic nitrogens is 2. The van der Waals surface area contributed by atoms with Gasteiger partial charge >= 0.3 is 6.18 Å². The van der Waals surface area contributed by atoms with Crippen molar-refractivity contribution < 1.29 is 27.8 Å². The van der Waals surface area contributed by atoms with Gasteiger partial charge in [-0.25, -0.2) is 9.97 Å². The number of nitrogen functional groups attached to an aromatic ring is 1. The van der Waals surface area contributed by atoms with E-state index in [-0.39, 0.29) is 28.7 Å². The average molecular weight is 434 g/mol. The van der Waals surface area contributed by atoms with Crippen LogP contribution in [0.3, 0.4) is 0 Å². The summed E-state index contributed by atoms with van der Waals surface area (Å²) < 4.78 is 45.6. The molecule has 0 saturated carbocycles. The number of amides is 1. The van der Waals surface area contributed by atoms with Crippen molar-refractivity contribution in [2.75, 3.05) is 18.9 Å². The van der Waals surface area contributed by atoms with E-state index < -0.39 is 23.2 Å². The molecule has 1 aromatic heterocycles. The Kier molecular flexibility index (Phi) is 6.20. The lowest BCUT2D eigenvalue weighted by Crippen LogP contribution is -2.52. The molecular formula is C21H21F3N4O3. The van der Waals surface area contributed by atoms with Crippen LogP contribution in [0.2, 0.25) is 0 Å². The summed E-state index contributed by atoms with van der Waals surface area (Å²) in [5.74, 6) is 4.25. The second-order valence-corrected chi connectivity index (χ2v) is 7.25. The Bertz CT molecular complexity index is 1060. The van der Waals surface area contributed by atoms with E-state index in [0.717, 1.165) is 25.0 Å². The molecule has 7 nitrogen and oxygen atoms in total. The second kappa shape index (κ2) is 8.53. The first kappa shape index (κ1) is 22.5. The van der Waals surface area contributed by atoms with Crippen LogP contribution in [0.4, 0.5) is 19.0 Å². The molecule has 1 unspecified atom stereocenters. The topological polar surface area (TPSA) is 124 Å². The SMILES string of the molecule is Cc1ccc(C(O)(C(N)=O)C(F)(F)F)cc1-c1cnc(N)c(C#CC2CCOCC2)n1. The maximum atomic E-state index is 13.4. The highest BCUT2D eigenvalue weighted by Gasteiger charge is 2.60. The van der Waals surface area contributed by atoms with E-state index in [1.165, 1.54) is 12.3 Å². The molecule has 164 valence electrons. The number of aryl methyl sites for hydroxylation is 1. The number of anilines is 1. The summed E-state index contributed by atoms with van der Waals surface area (Å²) in [7, 11) is 0. The number of benzene rings is 1. The largest absolute Gasteiger partial charge is 0.430 e. The van der Waals surface area contributed by atoms with Crippen LogP contribution in [0.15, 0.2) is 24.4 Å². The zero-order chi connectivity index (χ0) is 22.8. The summed E-state index contributed by atoms with van der Waals surface area (Å²) >= 11 is 0. The zero-order valence-corrected chi connectivity index (χ0v) is 16.7. The predicted octanol–water partition coefficient (Wildman–Crippen LogP) is 2.05. The second-order valence-electron chi connectivity index (χ2n) is 7.25. The summed E-state index contributed by atoms with van der Waals surface area (Å²) in [5, 5.41) is 10.1. The molecule has 0 spiro atoms. The Morgan fingerprint density at radius 2 is 1.97 bits per heavy atom. The maximum Gasteiger partial charge on any atom is 0.430 e. The van der Waals surface area contributed by atoms with E-state index in [4.69, 9.17) is 16.2 Å². The molecule has 5 N–H and O–H groups in total. The summed E-state index contributed by atoms with van der Waals surface area (Å²) in [5.41, 5.74) is 7.34. The summed E-state index contributed by atoms with van der Waals surface area (Å²) in [4.78, 5) is 19.9. The third-order valence-corrected chi connectivity index (χ3v) is 5.11. The number of hydrogen-bond donors (Lipinski definition) is 3. The normalized spacial score (nSPS) is 16.8. The summed E-state index contributed by atoms with van der Waals surface area (Å²) in [6.45, 7) is 2.88. The Morgan fingerprint density at radius 1 is 1.29 bits per heavy atom. The van der Waals surface area contributed by atoms with Crippen molar-refractivity contribution in [2.24, 2.45) is 11.7 Å². The van der Waals surface area contributed by atoms with Gasteiger partial charge in [0.05, 0.1) is 11.9 Å². The first-order valence-corrected chi connectivity index (χ1v) is 9.46. The number of primary amides is 1. The third kappa shape index (κ3) is 4.47. The average Bonchev–Trinajstić information content (AvgIpc) is 2.73. The van der Waals surface area contributed by atoms with Crippen molar-refractivity contribution in [3.63, 3.8) is 0 Å². The third-order valence-electron chi connectivity index (χ3n) is 5.11. The van der Waals surface area contributed by atoms with Gasteiger partial charge in [-0.15, -0.1) is 0 Å². The molecule has 1 amide bonds. The van der Waals surface area contributed by atoms with E-state index in [0.29, 0.717) is 18.8 Å². The van der Waals surface area contributed by atoms with Gasteiger partial charge in [0, 0.05) is 30.3 Å². The fraction of sp³-hybridized carbons (Fsp3) is 0.381. The number of rotatable bonds is 3. The molecule has 2 aromatic rings. The highest BCUT2D eigenvalue weighted by atomic mass is 19.4. The van der Waals surface area contributed by atoms with Crippen LogP contribution in [-0.2, 0) is 15.1 Å². The van der Waals surface area contributed by atoms with Gasteiger partial charge in [-0.05, 0) is 37.3 Å². The molecule has 0 bridgehead atoms. The fourth-order valence-corrected chi connectivity index (χ4v) is 3.20. The van der Waals surface area contributed by atoms with Crippen LogP contribution in [0.25, 0.3) is 11.3 Å². The Hall–Kier alpha value is -3.16. The van der Waals surface area contributed by atoms with Gasteiger partial charge in [-0.3, -0.25) is 4.79 Å².